The van der Waals surface area contributed by atoms with Crippen molar-refractivity contribution in [1.82, 2.24) is 0 Å². The number of hydrogen-bond acceptors (Lipinski definition) is 3. The molecule has 0 saturated carbocycles. The van der Waals surface area contributed by atoms with Crippen LogP contribution in [0.4, 0.5) is 0 Å². The minimum Gasteiger partial charge on any atom is -0.504 e. The largest absolute Gasteiger partial charge is 0.504 e. The minimum atomic E-state index is -0.134. The Kier molecular flexibility index (Phi) is 3.10. The summed E-state index contributed by atoms with van der Waals surface area (Å²) in [4.78, 5) is 0. The van der Waals surface area contributed by atoms with Crippen LogP contribution in [0.3, 0.4) is 0 Å². The van der Waals surface area contributed by atoms with E-state index in [2.05, 4.69) is 36.4 Å². The highest BCUT2D eigenvalue weighted by atomic mass is 16.3. The van der Waals surface area contributed by atoms with Crippen LogP contribution >= 0.6 is 0 Å². The molecule has 0 aliphatic heterocycles. The molecule has 0 bridgehead atoms. The van der Waals surface area contributed by atoms with Gasteiger partial charge in [0, 0.05) is 6.54 Å². The maximum Gasteiger partial charge on any atom is 0.158 e. The van der Waals surface area contributed by atoms with Gasteiger partial charge in [-0.15, -0.1) is 0 Å². The van der Waals surface area contributed by atoms with Crippen molar-refractivity contribution in [2.45, 2.75) is 13.0 Å². The van der Waals surface area contributed by atoms with Crippen LogP contribution < -0.4 is 5.73 Å². The SMILES string of the molecule is NCc1cc(O)c(O)cc1-c1cccc2c1Cc1ccccc1-2. The van der Waals surface area contributed by atoms with Crippen LogP contribution in [-0.2, 0) is 13.0 Å². The van der Waals surface area contributed by atoms with E-state index in [0.29, 0.717) is 6.54 Å². The Hall–Kier alpha value is -2.78. The molecule has 3 nitrogen and oxygen atoms in total. The Labute approximate surface area is 134 Å². The van der Waals surface area contributed by atoms with E-state index in [-0.39, 0.29) is 11.5 Å². The molecule has 0 spiro atoms. The molecule has 0 fully saturated rings. The number of fused-ring (bicyclic) bond motifs is 3. The lowest BCUT2D eigenvalue weighted by Crippen LogP contribution is -2.00. The summed E-state index contributed by atoms with van der Waals surface area (Å²) in [5.41, 5.74) is 13.7. The molecule has 0 heterocycles. The van der Waals surface area contributed by atoms with Crippen molar-refractivity contribution in [2.24, 2.45) is 5.73 Å². The highest BCUT2D eigenvalue weighted by Crippen LogP contribution is 2.43. The van der Waals surface area contributed by atoms with Crippen LogP contribution in [0, 0.1) is 0 Å². The summed E-state index contributed by atoms with van der Waals surface area (Å²) in [5, 5.41) is 19.6. The van der Waals surface area contributed by atoms with Gasteiger partial charge in [-0.2, -0.15) is 0 Å². The van der Waals surface area contributed by atoms with Crippen molar-refractivity contribution in [3.05, 3.63) is 71.3 Å². The zero-order valence-corrected chi connectivity index (χ0v) is 12.6. The third-order valence-corrected chi connectivity index (χ3v) is 4.56. The molecule has 0 aromatic heterocycles. The molecule has 3 aromatic rings. The van der Waals surface area contributed by atoms with Crippen LogP contribution in [0.5, 0.6) is 11.5 Å². The molecule has 0 radical (unpaired) electrons. The van der Waals surface area contributed by atoms with Gasteiger partial charge in [-0.05, 0) is 57.5 Å². The molecular formula is C20H17NO2. The maximum absolute atomic E-state index is 9.91. The molecule has 4 N–H and O–H groups in total. The summed E-state index contributed by atoms with van der Waals surface area (Å²) in [5.74, 6) is -0.254. The lowest BCUT2D eigenvalue weighted by Gasteiger charge is -2.14. The van der Waals surface area contributed by atoms with E-state index in [4.69, 9.17) is 5.73 Å². The predicted octanol–water partition coefficient (Wildman–Crippen LogP) is 3.79. The first-order valence-corrected chi connectivity index (χ1v) is 7.64. The van der Waals surface area contributed by atoms with Crippen molar-refractivity contribution in [3.8, 4) is 33.8 Å². The number of phenols is 2. The minimum absolute atomic E-state index is 0.120. The van der Waals surface area contributed by atoms with Gasteiger partial charge >= 0.3 is 0 Å². The highest BCUT2D eigenvalue weighted by Gasteiger charge is 2.22. The van der Waals surface area contributed by atoms with Crippen LogP contribution in [0.15, 0.2) is 54.6 Å². The summed E-state index contributed by atoms with van der Waals surface area (Å²) >= 11 is 0. The lowest BCUT2D eigenvalue weighted by atomic mass is 9.92. The zero-order chi connectivity index (χ0) is 16.0. The summed E-state index contributed by atoms with van der Waals surface area (Å²) in [7, 11) is 0. The quantitative estimate of drug-likeness (QED) is 0.493. The lowest BCUT2D eigenvalue weighted by molar-refractivity contribution is 0.403. The van der Waals surface area contributed by atoms with Gasteiger partial charge in [0.25, 0.3) is 0 Å². The topological polar surface area (TPSA) is 66.5 Å². The fourth-order valence-electron chi connectivity index (χ4n) is 3.45. The van der Waals surface area contributed by atoms with Crippen molar-refractivity contribution in [2.75, 3.05) is 0 Å². The first-order chi connectivity index (χ1) is 11.2. The molecule has 4 rings (SSSR count). The van der Waals surface area contributed by atoms with Gasteiger partial charge in [0.1, 0.15) is 0 Å². The van der Waals surface area contributed by atoms with Crippen molar-refractivity contribution < 1.29 is 10.2 Å². The summed E-state index contributed by atoms with van der Waals surface area (Å²) < 4.78 is 0. The second kappa shape index (κ2) is 5.14. The Balaban J connectivity index is 1.95. The standard InChI is InChI=1S/C20H17NO2/c21-11-13-9-19(22)20(23)10-17(13)16-7-3-6-15-14-5-2-1-4-12(14)8-18(15)16/h1-7,9-10,22-23H,8,11,21H2. The van der Waals surface area contributed by atoms with E-state index in [1.165, 1.54) is 22.3 Å². The number of aromatic hydroxyl groups is 2. The van der Waals surface area contributed by atoms with Crippen LogP contribution in [0.2, 0.25) is 0 Å². The average Bonchev–Trinajstić information content (AvgIpc) is 2.95. The van der Waals surface area contributed by atoms with Gasteiger partial charge in [-0.25, -0.2) is 0 Å². The predicted molar refractivity (Wildman–Crippen MR) is 91.3 cm³/mol. The second-order valence-corrected chi connectivity index (χ2v) is 5.87. The van der Waals surface area contributed by atoms with Crippen LogP contribution in [0.1, 0.15) is 16.7 Å². The Morgan fingerprint density at radius 1 is 0.783 bits per heavy atom. The fraction of sp³-hybridized carbons (Fsp3) is 0.100. The molecule has 0 saturated heterocycles. The number of benzene rings is 3. The third kappa shape index (κ3) is 2.09. The fourth-order valence-corrected chi connectivity index (χ4v) is 3.45. The molecule has 0 atom stereocenters. The average molecular weight is 303 g/mol. The molecule has 114 valence electrons. The number of hydrogen-bond donors (Lipinski definition) is 3. The molecule has 0 amide bonds. The summed E-state index contributed by atoms with van der Waals surface area (Å²) in [6, 6.07) is 17.8. The van der Waals surface area contributed by atoms with Gasteiger partial charge in [0.15, 0.2) is 11.5 Å². The van der Waals surface area contributed by atoms with E-state index in [1.54, 1.807) is 12.1 Å². The number of nitrogens with two attached hydrogens (primary N) is 1. The molecule has 3 heteroatoms. The van der Waals surface area contributed by atoms with Crippen LogP contribution in [-0.4, -0.2) is 10.2 Å². The van der Waals surface area contributed by atoms with Crippen LogP contribution in [0.25, 0.3) is 22.3 Å². The third-order valence-electron chi connectivity index (χ3n) is 4.56. The first-order valence-electron chi connectivity index (χ1n) is 7.64. The molecule has 23 heavy (non-hydrogen) atoms. The molecular weight excluding hydrogens is 286 g/mol. The highest BCUT2D eigenvalue weighted by molar-refractivity contribution is 5.86. The van der Waals surface area contributed by atoms with Crippen molar-refractivity contribution in [1.29, 1.82) is 0 Å². The number of phenolic OH excluding ortho intramolecular Hbond substituents is 2. The van der Waals surface area contributed by atoms with Gasteiger partial charge < -0.3 is 15.9 Å². The Morgan fingerprint density at radius 3 is 2.22 bits per heavy atom. The Morgan fingerprint density at radius 2 is 1.43 bits per heavy atom. The van der Waals surface area contributed by atoms with Crippen molar-refractivity contribution >= 4 is 0 Å². The molecule has 1 aliphatic carbocycles. The normalized spacial score (nSPS) is 12.0. The maximum atomic E-state index is 9.91. The molecule has 1 aliphatic rings. The van der Waals surface area contributed by atoms with E-state index in [9.17, 15) is 10.2 Å². The van der Waals surface area contributed by atoms with Crippen molar-refractivity contribution in [3.63, 3.8) is 0 Å². The van der Waals surface area contributed by atoms with E-state index in [0.717, 1.165) is 23.1 Å². The second-order valence-electron chi connectivity index (χ2n) is 5.87. The van der Waals surface area contributed by atoms with Gasteiger partial charge in [-0.1, -0.05) is 42.5 Å². The number of rotatable bonds is 2. The summed E-state index contributed by atoms with van der Waals surface area (Å²) in [6.45, 7) is 0.305. The smallest absolute Gasteiger partial charge is 0.158 e. The Bertz CT molecular complexity index is 916. The molecule has 0 unspecified atom stereocenters. The van der Waals surface area contributed by atoms with Gasteiger partial charge in [0.2, 0.25) is 0 Å². The first kappa shape index (κ1) is 13.9. The van der Waals surface area contributed by atoms with E-state index < -0.39 is 0 Å². The molecule has 3 aromatic carbocycles. The van der Waals surface area contributed by atoms with Gasteiger partial charge in [0.05, 0.1) is 0 Å². The monoisotopic (exact) mass is 303 g/mol. The summed E-state index contributed by atoms with van der Waals surface area (Å²) in [6.07, 6.45) is 0.868. The zero-order valence-electron chi connectivity index (χ0n) is 12.6. The van der Waals surface area contributed by atoms with Gasteiger partial charge in [-0.3, -0.25) is 0 Å². The van der Waals surface area contributed by atoms with E-state index >= 15 is 0 Å². The van der Waals surface area contributed by atoms with E-state index in [1.807, 2.05) is 6.07 Å².